The van der Waals surface area contributed by atoms with E-state index in [9.17, 15) is 5.26 Å². The highest BCUT2D eigenvalue weighted by Crippen LogP contribution is 2.29. The topological polar surface area (TPSA) is 49.8 Å². The summed E-state index contributed by atoms with van der Waals surface area (Å²) in [6, 6.07) is 10.1. The van der Waals surface area contributed by atoms with Crippen LogP contribution in [0.3, 0.4) is 0 Å². The third-order valence-electron chi connectivity index (χ3n) is 2.42. The van der Waals surface area contributed by atoms with Crippen molar-refractivity contribution in [2.75, 3.05) is 0 Å². The van der Waals surface area contributed by atoms with E-state index >= 15 is 0 Å². The number of hydrogen-bond donors (Lipinski definition) is 1. The van der Waals surface area contributed by atoms with E-state index in [4.69, 9.17) is 5.73 Å². The number of nitrogens with zero attached hydrogens (tertiary/aromatic N) is 1. The largest absolute Gasteiger partial charge is 0.396 e. The van der Waals surface area contributed by atoms with Gasteiger partial charge >= 0.3 is 0 Å². The van der Waals surface area contributed by atoms with E-state index < -0.39 is 0 Å². The van der Waals surface area contributed by atoms with Gasteiger partial charge in [0.2, 0.25) is 0 Å². The summed E-state index contributed by atoms with van der Waals surface area (Å²) in [7, 11) is 0. The Hall–Kier alpha value is -1.57. The summed E-state index contributed by atoms with van der Waals surface area (Å²) >= 11 is 3.19. The van der Waals surface area contributed by atoms with Gasteiger partial charge in [-0.2, -0.15) is 5.26 Å². The van der Waals surface area contributed by atoms with Crippen LogP contribution in [0.25, 0.3) is 11.3 Å². The second-order valence-corrected chi connectivity index (χ2v) is 5.61. The summed E-state index contributed by atoms with van der Waals surface area (Å²) in [6.45, 7) is 2.11. The zero-order chi connectivity index (χ0) is 12.3. The molecule has 0 fully saturated rings. The van der Waals surface area contributed by atoms with Crippen molar-refractivity contribution in [1.29, 1.82) is 5.26 Å². The molecule has 2 aromatic rings. The number of thiophene rings is 2. The number of hydrogen-bond acceptors (Lipinski definition) is 4. The highest BCUT2D eigenvalue weighted by atomic mass is 32.1. The number of rotatable bonds is 3. The molecule has 0 atom stereocenters. The minimum Gasteiger partial charge on any atom is -0.396 e. The van der Waals surface area contributed by atoms with Crippen molar-refractivity contribution in [2.45, 2.75) is 13.3 Å². The predicted octanol–water partition coefficient (Wildman–Crippen LogP) is 3.72. The molecule has 0 saturated carbocycles. The maximum atomic E-state index is 9.22. The first kappa shape index (κ1) is 11.9. The van der Waals surface area contributed by atoms with Crippen LogP contribution in [0.2, 0.25) is 0 Å². The van der Waals surface area contributed by atoms with Crippen molar-refractivity contribution in [3.05, 3.63) is 44.3 Å². The molecule has 0 aromatic carbocycles. The average molecular weight is 260 g/mol. The van der Waals surface area contributed by atoms with Crippen molar-refractivity contribution < 1.29 is 0 Å². The molecule has 4 heteroatoms. The molecular weight excluding hydrogens is 248 g/mol. The Bertz CT molecular complexity index is 571. The van der Waals surface area contributed by atoms with Crippen LogP contribution < -0.4 is 5.73 Å². The molecule has 0 bridgehead atoms. The Kier molecular flexibility index (Phi) is 3.62. The van der Waals surface area contributed by atoms with E-state index in [1.165, 1.54) is 16.2 Å². The third-order valence-corrected chi connectivity index (χ3v) is 4.57. The Morgan fingerprint density at radius 2 is 2.18 bits per heavy atom. The molecule has 0 unspecified atom stereocenters. The summed E-state index contributed by atoms with van der Waals surface area (Å²) in [5.74, 6) is 0. The van der Waals surface area contributed by atoms with Crippen molar-refractivity contribution in [3.63, 3.8) is 0 Å². The van der Waals surface area contributed by atoms with Gasteiger partial charge in [0.1, 0.15) is 6.07 Å². The second kappa shape index (κ2) is 5.17. The van der Waals surface area contributed by atoms with Crippen LogP contribution >= 0.6 is 22.7 Å². The van der Waals surface area contributed by atoms with E-state index in [0.29, 0.717) is 11.3 Å². The standard InChI is InChI=1S/C13H12N2S2/c1-2-9-5-6-12(17-9)13(15)10(8-14)11-4-3-7-16-11/h3-7H,2,15H2,1H3/b13-10+. The van der Waals surface area contributed by atoms with Crippen LogP contribution in [-0.4, -0.2) is 0 Å². The molecule has 2 aromatic heterocycles. The van der Waals surface area contributed by atoms with Crippen LogP contribution in [0, 0.1) is 11.3 Å². The minimum atomic E-state index is 0.574. The maximum absolute atomic E-state index is 9.22. The van der Waals surface area contributed by atoms with Gasteiger partial charge in [0, 0.05) is 9.75 Å². The van der Waals surface area contributed by atoms with Crippen molar-refractivity contribution in [2.24, 2.45) is 5.73 Å². The smallest absolute Gasteiger partial charge is 0.103 e. The Labute approximate surface area is 109 Å². The normalized spacial score (nSPS) is 12.0. The molecule has 17 heavy (non-hydrogen) atoms. The first-order valence-electron chi connectivity index (χ1n) is 5.29. The van der Waals surface area contributed by atoms with Crippen LogP contribution in [0.4, 0.5) is 0 Å². The molecule has 0 aliphatic rings. The van der Waals surface area contributed by atoms with Crippen molar-refractivity contribution >= 4 is 33.9 Å². The fourth-order valence-electron chi connectivity index (χ4n) is 1.50. The van der Waals surface area contributed by atoms with Crippen LogP contribution in [-0.2, 0) is 6.42 Å². The van der Waals surface area contributed by atoms with E-state index in [1.54, 1.807) is 11.3 Å². The van der Waals surface area contributed by atoms with Gasteiger partial charge < -0.3 is 5.73 Å². The lowest BCUT2D eigenvalue weighted by atomic mass is 10.1. The van der Waals surface area contributed by atoms with Crippen LogP contribution in [0.15, 0.2) is 29.6 Å². The molecule has 2 heterocycles. The van der Waals surface area contributed by atoms with Crippen LogP contribution in [0.1, 0.15) is 21.6 Å². The quantitative estimate of drug-likeness (QED) is 0.855. The molecule has 0 aliphatic carbocycles. The van der Waals surface area contributed by atoms with Gasteiger partial charge in [0.25, 0.3) is 0 Å². The van der Waals surface area contributed by atoms with Gasteiger partial charge in [-0.3, -0.25) is 0 Å². The number of nitriles is 1. The lowest BCUT2D eigenvalue weighted by molar-refractivity contribution is 1.19. The fraction of sp³-hybridized carbons (Fsp3) is 0.154. The molecule has 0 amide bonds. The summed E-state index contributed by atoms with van der Waals surface area (Å²) in [6.07, 6.45) is 0.999. The third kappa shape index (κ3) is 2.41. The van der Waals surface area contributed by atoms with E-state index in [0.717, 1.165) is 16.2 Å². The second-order valence-electron chi connectivity index (χ2n) is 3.50. The Balaban J connectivity index is 2.46. The van der Waals surface area contributed by atoms with Crippen molar-refractivity contribution in [3.8, 4) is 6.07 Å². The molecular formula is C13H12N2S2. The van der Waals surface area contributed by atoms with Gasteiger partial charge in [-0.05, 0) is 30.0 Å². The van der Waals surface area contributed by atoms with E-state index in [-0.39, 0.29) is 0 Å². The fourth-order valence-corrected chi connectivity index (χ4v) is 3.15. The van der Waals surface area contributed by atoms with Gasteiger partial charge in [0.05, 0.1) is 16.1 Å². The lowest BCUT2D eigenvalue weighted by Crippen LogP contribution is -1.97. The molecule has 0 saturated heterocycles. The number of allylic oxidation sites excluding steroid dienone is 1. The molecule has 2 rings (SSSR count). The highest BCUT2D eigenvalue weighted by Gasteiger charge is 2.11. The zero-order valence-corrected chi connectivity index (χ0v) is 11.1. The van der Waals surface area contributed by atoms with E-state index in [1.807, 2.05) is 23.6 Å². The molecule has 0 spiro atoms. The number of nitrogens with two attached hydrogens (primary N) is 1. The average Bonchev–Trinajstić information content (AvgIpc) is 3.00. The molecule has 2 N–H and O–H groups in total. The first-order chi connectivity index (χ1) is 8.26. The summed E-state index contributed by atoms with van der Waals surface area (Å²) in [4.78, 5) is 3.19. The monoisotopic (exact) mass is 260 g/mol. The highest BCUT2D eigenvalue weighted by molar-refractivity contribution is 7.13. The van der Waals surface area contributed by atoms with Gasteiger partial charge in [0.15, 0.2) is 0 Å². The summed E-state index contributed by atoms with van der Waals surface area (Å²) in [5.41, 5.74) is 7.24. The first-order valence-corrected chi connectivity index (χ1v) is 6.98. The summed E-state index contributed by atoms with van der Waals surface area (Å²) in [5, 5.41) is 11.2. The molecule has 0 aliphatic heterocycles. The van der Waals surface area contributed by atoms with Crippen molar-refractivity contribution in [1.82, 2.24) is 0 Å². The lowest BCUT2D eigenvalue weighted by Gasteiger charge is -2.00. The van der Waals surface area contributed by atoms with Gasteiger partial charge in [-0.25, -0.2) is 0 Å². The van der Waals surface area contributed by atoms with Crippen LogP contribution in [0.5, 0.6) is 0 Å². The Morgan fingerprint density at radius 3 is 2.71 bits per heavy atom. The van der Waals surface area contributed by atoms with Gasteiger partial charge in [-0.15, -0.1) is 22.7 Å². The SMILES string of the molecule is CCc1ccc(/C(N)=C(/C#N)c2cccs2)s1. The summed E-state index contributed by atoms with van der Waals surface area (Å²) < 4.78 is 0. The molecule has 2 nitrogen and oxygen atoms in total. The zero-order valence-electron chi connectivity index (χ0n) is 9.43. The van der Waals surface area contributed by atoms with E-state index in [2.05, 4.69) is 19.1 Å². The minimum absolute atomic E-state index is 0.574. The number of aryl methyl sites for hydroxylation is 1. The molecule has 86 valence electrons. The maximum Gasteiger partial charge on any atom is 0.103 e. The molecule has 0 radical (unpaired) electrons. The Morgan fingerprint density at radius 1 is 1.35 bits per heavy atom. The van der Waals surface area contributed by atoms with Gasteiger partial charge in [-0.1, -0.05) is 13.0 Å². The predicted molar refractivity (Wildman–Crippen MR) is 74.6 cm³/mol.